The van der Waals surface area contributed by atoms with Crippen LogP contribution in [0.2, 0.25) is 0 Å². The maximum atomic E-state index is 7.10. The molecule has 7 heteroatoms. The van der Waals surface area contributed by atoms with Crippen LogP contribution in [0.1, 0.15) is 9.68 Å². The number of aromatic nitrogens is 2. The number of ether oxygens (including phenoxy) is 4. The number of hydrogen-bond acceptors (Lipinski definition) is 7. The third-order valence-electron chi connectivity index (χ3n) is 3.98. The number of methoxy groups -OCH3 is 2. The first kappa shape index (κ1) is 16.6. The first-order valence-electron chi connectivity index (χ1n) is 10.4. The number of benzene rings is 2. The van der Waals surface area contributed by atoms with Gasteiger partial charge in [0.2, 0.25) is 0 Å². The molecule has 0 radical (unpaired) electrons. The van der Waals surface area contributed by atoms with Crippen LogP contribution in [0, 0.1) is 12.3 Å². The van der Waals surface area contributed by atoms with Gasteiger partial charge in [0, 0.05) is 36.9 Å². The molecule has 1 aromatic heterocycles. The predicted molar refractivity (Wildman–Crippen MR) is 112 cm³/mol. The molecular formula is C22H23N3O4. The first-order chi connectivity index (χ1) is 15.4. The molecule has 1 N–H and O–H groups in total. The van der Waals surface area contributed by atoms with E-state index in [1.54, 1.807) is 19.2 Å². The van der Waals surface area contributed by atoms with Gasteiger partial charge in [0.15, 0.2) is 11.5 Å². The van der Waals surface area contributed by atoms with Gasteiger partial charge in [-0.05, 0) is 24.3 Å². The fraction of sp³-hybridized carbons (Fsp3) is 0.273. The van der Waals surface area contributed by atoms with E-state index in [1.165, 1.54) is 6.33 Å². The largest absolute Gasteiger partial charge is 0.487 e. The van der Waals surface area contributed by atoms with E-state index < -0.39 is 7.04 Å². The normalized spacial score (nSPS) is 12.5. The quantitative estimate of drug-likeness (QED) is 0.416. The lowest BCUT2D eigenvalue weighted by Crippen LogP contribution is -2.09. The van der Waals surface area contributed by atoms with Crippen LogP contribution in [0.5, 0.6) is 11.5 Å². The van der Waals surface area contributed by atoms with E-state index in [-0.39, 0.29) is 13.2 Å². The Morgan fingerprint density at radius 3 is 2.59 bits per heavy atom. The number of hydrogen-bond donors (Lipinski definition) is 1. The molecule has 0 aliphatic heterocycles. The summed E-state index contributed by atoms with van der Waals surface area (Å²) < 4.78 is 42.6. The van der Waals surface area contributed by atoms with Gasteiger partial charge in [-0.1, -0.05) is 12.0 Å². The van der Waals surface area contributed by atoms with Gasteiger partial charge < -0.3 is 24.3 Å². The van der Waals surface area contributed by atoms with Crippen molar-refractivity contribution in [2.75, 3.05) is 45.9 Å². The second-order valence-corrected chi connectivity index (χ2v) is 5.93. The highest BCUT2D eigenvalue weighted by atomic mass is 16.5. The Morgan fingerprint density at radius 1 is 1.03 bits per heavy atom. The summed E-state index contributed by atoms with van der Waals surface area (Å²) >= 11 is 0. The van der Waals surface area contributed by atoms with Crippen LogP contribution in [0.25, 0.3) is 10.9 Å². The zero-order chi connectivity index (χ0) is 23.0. The Hall–Kier alpha value is -3.34. The average Bonchev–Trinajstić information content (AvgIpc) is 2.77. The third-order valence-corrected chi connectivity index (χ3v) is 3.98. The molecule has 0 aliphatic carbocycles. The van der Waals surface area contributed by atoms with Gasteiger partial charge in [-0.15, -0.1) is 6.42 Å². The van der Waals surface area contributed by atoms with Crippen molar-refractivity contribution in [2.45, 2.75) is 0 Å². The van der Waals surface area contributed by atoms with Crippen molar-refractivity contribution < 1.29 is 23.1 Å². The molecule has 0 spiro atoms. The monoisotopic (exact) mass is 396 g/mol. The van der Waals surface area contributed by atoms with Crippen molar-refractivity contribution in [3.63, 3.8) is 0 Å². The molecule has 0 amide bonds. The van der Waals surface area contributed by atoms with Gasteiger partial charge in [0.05, 0.1) is 22.8 Å². The standard InChI is InChI=1S/C22H23N3O4/c1-4-16-6-5-7-17(12-16)25-22-18-13-20(28-10-8-26-2)21(29-11-9-27-3)14-19(18)23-15-24-22/h1,5-7,12-15H,8-11H2,2-3H3,(H,23,24,25)/i3D3. The van der Waals surface area contributed by atoms with E-state index in [0.29, 0.717) is 41.4 Å². The minimum Gasteiger partial charge on any atom is -0.487 e. The molecule has 7 nitrogen and oxygen atoms in total. The number of rotatable bonds is 10. The molecule has 2 aromatic carbocycles. The van der Waals surface area contributed by atoms with Gasteiger partial charge in [-0.25, -0.2) is 9.97 Å². The van der Waals surface area contributed by atoms with E-state index in [4.69, 9.17) is 29.5 Å². The minimum absolute atomic E-state index is 0.0274. The highest BCUT2D eigenvalue weighted by molar-refractivity contribution is 5.93. The molecular weight excluding hydrogens is 370 g/mol. The van der Waals surface area contributed by atoms with Crippen LogP contribution in [-0.2, 0) is 9.47 Å². The van der Waals surface area contributed by atoms with Crippen molar-refractivity contribution in [1.82, 2.24) is 9.97 Å². The van der Waals surface area contributed by atoms with Crippen molar-refractivity contribution in [3.05, 3.63) is 48.3 Å². The Balaban J connectivity index is 1.88. The Bertz CT molecular complexity index is 1100. The van der Waals surface area contributed by atoms with E-state index in [9.17, 15) is 0 Å². The van der Waals surface area contributed by atoms with Gasteiger partial charge in [0.1, 0.15) is 25.4 Å². The first-order valence-corrected chi connectivity index (χ1v) is 8.90. The molecule has 3 aromatic rings. The van der Waals surface area contributed by atoms with E-state index in [1.807, 2.05) is 24.3 Å². The summed E-state index contributed by atoms with van der Waals surface area (Å²) in [6.45, 7) is 0.605. The molecule has 0 atom stereocenters. The number of nitrogens with one attached hydrogen (secondary N) is 1. The number of nitrogens with zero attached hydrogens (tertiary/aromatic N) is 2. The predicted octanol–water partition coefficient (Wildman–Crippen LogP) is 3.41. The molecule has 0 aliphatic rings. The third kappa shape index (κ3) is 5.35. The summed E-state index contributed by atoms with van der Waals surface area (Å²) in [6, 6.07) is 10.9. The van der Waals surface area contributed by atoms with Crippen molar-refractivity contribution in [1.29, 1.82) is 0 Å². The highest BCUT2D eigenvalue weighted by Gasteiger charge is 2.13. The van der Waals surface area contributed by atoms with Gasteiger partial charge >= 0.3 is 0 Å². The summed E-state index contributed by atoms with van der Waals surface area (Å²) in [7, 11) is -0.900. The van der Waals surface area contributed by atoms with Gasteiger partial charge in [-0.3, -0.25) is 0 Å². The Kier molecular flexibility index (Phi) is 5.88. The van der Waals surface area contributed by atoms with Crippen molar-refractivity contribution >= 4 is 22.4 Å². The number of fused-ring (bicyclic) bond motifs is 1. The Labute approximate surface area is 174 Å². The molecule has 150 valence electrons. The topological polar surface area (TPSA) is 74.7 Å². The van der Waals surface area contributed by atoms with Gasteiger partial charge in [-0.2, -0.15) is 0 Å². The number of anilines is 2. The van der Waals surface area contributed by atoms with E-state index in [2.05, 4.69) is 21.2 Å². The molecule has 1 heterocycles. The fourth-order valence-corrected chi connectivity index (χ4v) is 2.64. The zero-order valence-corrected chi connectivity index (χ0v) is 16.0. The minimum atomic E-state index is -2.48. The maximum Gasteiger partial charge on any atom is 0.163 e. The second-order valence-electron chi connectivity index (χ2n) is 5.93. The van der Waals surface area contributed by atoms with Crippen LogP contribution in [0.4, 0.5) is 11.5 Å². The smallest absolute Gasteiger partial charge is 0.163 e. The molecule has 0 unspecified atom stereocenters. The summed E-state index contributed by atoms with van der Waals surface area (Å²) in [5.41, 5.74) is 2.14. The van der Waals surface area contributed by atoms with E-state index in [0.717, 1.165) is 11.3 Å². The van der Waals surface area contributed by atoms with Crippen molar-refractivity contribution in [3.8, 4) is 23.8 Å². The van der Waals surface area contributed by atoms with Crippen LogP contribution in [0.15, 0.2) is 42.7 Å². The lowest BCUT2D eigenvalue weighted by molar-refractivity contribution is 0.132. The highest BCUT2D eigenvalue weighted by Crippen LogP contribution is 2.35. The molecule has 0 saturated carbocycles. The van der Waals surface area contributed by atoms with Crippen LogP contribution in [0.3, 0.4) is 0 Å². The van der Waals surface area contributed by atoms with Crippen LogP contribution < -0.4 is 14.8 Å². The molecule has 0 saturated heterocycles. The average molecular weight is 396 g/mol. The molecule has 29 heavy (non-hydrogen) atoms. The van der Waals surface area contributed by atoms with Crippen LogP contribution >= 0.6 is 0 Å². The van der Waals surface area contributed by atoms with E-state index >= 15 is 0 Å². The molecule has 0 fully saturated rings. The Morgan fingerprint density at radius 2 is 1.83 bits per heavy atom. The maximum absolute atomic E-state index is 7.10. The summed E-state index contributed by atoms with van der Waals surface area (Å²) in [4.78, 5) is 8.67. The lowest BCUT2D eigenvalue weighted by atomic mass is 10.2. The van der Waals surface area contributed by atoms with Gasteiger partial charge in [0.25, 0.3) is 0 Å². The van der Waals surface area contributed by atoms with Crippen LogP contribution in [-0.4, -0.2) is 50.5 Å². The SMILES string of the molecule is [2H]C([2H])([2H])OCCOc1cc2ncnc(Nc3cccc(C#C)c3)c2cc1OCCOC. The molecule has 3 rings (SSSR count). The lowest BCUT2D eigenvalue weighted by Gasteiger charge is -2.15. The summed E-state index contributed by atoms with van der Waals surface area (Å²) in [6.07, 6.45) is 6.92. The fourth-order valence-electron chi connectivity index (χ4n) is 2.64. The number of terminal acetylenes is 1. The summed E-state index contributed by atoms with van der Waals surface area (Å²) in [5, 5.41) is 3.96. The second kappa shape index (κ2) is 10.3. The summed E-state index contributed by atoms with van der Waals surface area (Å²) in [5.74, 6) is 4.02. The molecule has 0 bridgehead atoms. The zero-order valence-electron chi connectivity index (χ0n) is 19.0. The van der Waals surface area contributed by atoms with Crippen molar-refractivity contribution in [2.24, 2.45) is 0 Å².